The summed E-state index contributed by atoms with van der Waals surface area (Å²) in [5.74, 6) is 4.23. The average Bonchev–Trinajstić information content (AvgIpc) is 3.38. The second kappa shape index (κ2) is 5.76. The molecule has 5 rings (SSSR count). The maximum absolute atomic E-state index is 4.37. The highest BCUT2D eigenvalue weighted by molar-refractivity contribution is 7.99. The van der Waals surface area contributed by atoms with E-state index in [1.807, 2.05) is 0 Å². The molecular weight excluding hydrogens is 318 g/mol. The van der Waals surface area contributed by atoms with Gasteiger partial charge in [-0.15, -0.1) is 0 Å². The van der Waals surface area contributed by atoms with Gasteiger partial charge in [-0.2, -0.15) is 11.8 Å². The number of thioether (sulfide) groups is 1. The number of nitrogens with zero attached hydrogens (tertiary/aromatic N) is 5. The van der Waals surface area contributed by atoms with Crippen LogP contribution >= 0.6 is 11.8 Å². The van der Waals surface area contributed by atoms with E-state index in [9.17, 15) is 0 Å². The van der Waals surface area contributed by atoms with Gasteiger partial charge in [0.1, 0.15) is 0 Å². The van der Waals surface area contributed by atoms with Gasteiger partial charge in [-0.1, -0.05) is 29.4 Å². The van der Waals surface area contributed by atoms with Crippen molar-refractivity contribution in [3.05, 3.63) is 35.4 Å². The molecule has 24 heavy (non-hydrogen) atoms. The van der Waals surface area contributed by atoms with Crippen molar-refractivity contribution in [2.45, 2.75) is 37.6 Å². The molecule has 1 spiro atoms. The van der Waals surface area contributed by atoms with Crippen LogP contribution in [0.1, 0.15) is 30.4 Å². The molecule has 0 radical (unpaired) electrons. The molecule has 2 aromatic rings. The third-order valence-electron chi connectivity index (χ3n) is 6.07. The number of aromatic nitrogens is 4. The summed E-state index contributed by atoms with van der Waals surface area (Å²) >= 11 is 2.05. The lowest BCUT2D eigenvalue weighted by Gasteiger charge is -2.25. The summed E-state index contributed by atoms with van der Waals surface area (Å²) in [5.41, 5.74) is 3.43. The Kier molecular flexibility index (Phi) is 3.54. The summed E-state index contributed by atoms with van der Waals surface area (Å²) in [6, 6.07) is 9.00. The molecule has 6 heteroatoms. The van der Waals surface area contributed by atoms with Crippen LogP contribution in [0, 0.1) is 5.92 Å². The summed E-state index contributed by atoms with van der Waals surface area (Å²) in [6.07, 6.45) is 5.00. The van der Waals surface area contributed by atoms with Crippen molar-refractivity contribution in [2.75, 3.05) is 29.5 Å². The minimum Gasteiger partial charge on any atom is -0.339 e. The number of benzene rings is 1. The van der Waals surface area contributed by atoms with Gasteiger partial charge in [-0.25, -0.2) is 4.68 Å². The van der Waals surface area contributed by atoms with E-state index in [-0.39, 0.29) is 0 Å². The number of hydrogen-bond donors (Lipinski definition) is 0. The molecular formula is C18H23N5S. The molecule has 2 atom stereocenters. The maximum atomic E-state index is 4.37. The minimum absolute atomic E-state index is 0.316. The summed E-state index contributed by atoms with van der Waals surface area (Å²) < 4.78 is 2.05. The summed E-state index contributed by atoms with van der Waals surface area (Å²) in [7, 11) is 0. The van der Waals surface area contributed by atoms with Crippen molar-refractivity contribution in [2.24, 2.45) is 5.92 Å². The fourth-order valence-electron chi connectivity index (χ4n) is 4.75. The highest BCUT2D eigenvalue weighted by atomic mass is 32.2. The Morgan fingerprint density at radius 2 is 2.21 bits per heavy atom. The van der Waals surface area contributed by atoms with Gasteiger partial charge in [-0.3, -0.25) is 0 Å². The lowest BCUT2D eigenvalue weighted by molar-refractivity contribution is 0.446. The van der Waals surface area contributed by atoms with E-state index in [1.165, 1.54) is 37.2 Å². The lowest BCUT2D eigenvalue weighted by atomic mass is 9.81. The van der Waals surface area contributed by atoms with Crippen LogP contribution in [0.5, 0.6) is 0 Å². The normalized spacial score (nSPS) is 28.8. The number of anilines is 1. The molecule has 2 saturated heterocycles. The van der Waals surface area contributed by atoms with Crippen molar-refractivity contribution in [3.63, 3.8) is 0 Å². The number of hydrogen-bond acceptors (Lipinski definition) is 5. The standard InChI is InChI=1S/C18H23N5S/c1-2-4-16-15(3-1)5-7-18(16)8-9-22(13-18)17-19-20-21-23(17)11-14-6-10-24-12-14/h1-4,14H,5-13H2. The average molecular weight is 341 g/mol. The Labute approximate surface area is 146 Å². The first-order valence-electron chi connectivity index (χ1n) is 9.01. The van der Waals surface area contributed by atoms with Crippen LogP contribution in [-0.2, 0) is 18.4 Å². The molecule has 2 aliphatic heterocycles. The Morgan fingerprint density at radius 3 is 3.12 bits per heavy atom. The van der Waals surface area contributed by atoms with Crippen LogP contribution in [0.2, 0.25) is 0 Å². The first kappa shape index (κ1) is 14.8. The van der Waals surface area contributed by atoms with Gasteiger partial charge in [0, 0.05) is 18.5 Å². The fourth-order valence-corrected chi connectivity index (χ4v) is 6.02. The molecule has 0 amide bonds. The van der Waals surface area contributed by atoms with Crippen LogP contribution < -0.4 is 4.90 Å². The largest absolute Gasteiger partial charge is 0.339 e. The SMILES string of the molecule is c1ccc2c(c1)CCC21CCN(c2nnnn2CC2CCSC2)C1. The first-order valence-corrected chi connectivity index (χ1v) is 10.2. The summed E-state index contributed by atoms with van der Waals surface area (Å²) in [4.78, 5) is 2.42. The Balaban J connectivity index is 1.38. The third kappa shape index (κ3) is 2.34. The van der Waals surface area contributed by atoms with Crippen molar-refractivity contribution in [1.29, 1.82) is 0 Å². The highest BCUT2D eigenvalue weighted by Crippen LogP contribution is 2.46. The molecule has 1 aromatic carbocycles. The van der Waals surface area contributed by atoms with Crippen molar-refractivity contribution < 1.29 is 0 Å². The van der Waals surface area contributed by atoms with E-state index < -0.39 is 0 Å². The van der Waals surface area contributed by atoms with Gasteiger partial charge in [0.2, 0.25) is 5.95 Å². The number of aryl methyl sites for hydroxylation is 1. The number of rotatable bonds is 3. The summed E-state index contributed by atoms with van der Waals surface area (Å²) in [5, 5.41) is 12.6. The van der Waals surface area contributed by atoms with Gasteiger partial charge in [-0.05, 0) is 64.7 Å². The molecule has 0 bridgehead atoms. The Bertz CT molecular complexity index is 739. The first-order chi connectivity index (χ1) is 11.8. The quantitative estimate of drug-likeness (QED) is 0.858. The van der Waals surface area contributed by atoms with Crippen LogP contribution in [0.25, 0.3) is 0 Å². The second-order valence-corrected chi connectivity index (χ2v) is 8.65. The van der Waals surface area contributed by atoms with E-state index in [0.717, 1.165) is 31.5 Å². The molecule has 126 valence electrons. The fraction of sp³-hybridized carbons (Fsp3) is 0.611. The third-order valence-corrected chi connectivity index (χ3v) is 7.30. The van der Waals surface area contributed by atoms with Gasteiger partial charge >= 0.3 is 0 Å². The van der Waals surface area contributed by atoms with E-state index in [0.29, 0.717) is 5.41 Å². The van der Waals surface area contributed by atoms with Crippen molar-refractivity contribution >= 4 is 17.7 Å². The maximum Gasteiger partial charge on any atom is 0.245 e. The number of tetrazole rings is 1. The molecule has 2 unspecified atom stereocenters. The van der Waals surface area contributed by atoms with Gasteiger partial charge in [0.05, 0.1) is 6.54 Å². The lowest BCUT2D eigenvalue weighted by Crippen LogP contribution is -2.31. The highest BCUT2D eigenvalue weighted by Gasteiger charge is 2.45. The zero-order valence-electron chi connectivity index (χ0n) is 13.9. The minimum atomic E-state index is 0.316. The monoisotopic (exact) mass is 341 g/mol. The smallest absolute Gasteiger partial charge is 0.245 e. The molecule has 3 heterocycles. The van der Waals surface area contributed by atoms with E-state index in [2.05, 4.69) is 61.1 Å². The van der Waals surface area contributed by atoms with Crippen LogP contribution in [-0.4, -0.2) is 44.8 Å². The topological polar surface area (TPSA) is 46.8 Å². The van der Waals surface area contributed by atoms with Crippen LogP contribution in [0.15, 0.2) is 24.3 Å². The molecule has 1 aromatic heterocycles. The van der Waals surface area contributed by atoms with Gasteiger partial charge in [0.15, 0.2) is 0 Å². The van der Waals surface area contributed by atoms with Crippen molar-refractivity contribution in [1.82, 2.24) is 20.2 Å². The molecule has 0 N–H and O–H groups in total. The molecule has 0 saturated carbocycles. The predicted molar refractivity (Wildman–Crippen MR) is 96.5 cm³/mol. The molecule has 5 nitrogen and oxygen atoms in total. The van der Waals surface area contributed by atoms with Gasteiger partial charge in [0.25, 0.3) is 0 Å². The molecule has 1 aliphatic carbocycles. The molecule has 3 aliphatic rings. The number of fused-ring (bicyclic) bond motifs is 2. The van der Waals surface area contributed by atoms with E-state index in [1.54, 1.807) is 11.1 Å². The zero-order chi connectivity index (χ0) is 16.0. The zero-order valence-corrected chi connectivity index (χ0v) is 14.7. The Morgan fingerprint density at radius 1 is 1.25 bits per heavy atom. The van der Waals surface area contributed by atoms with Crippen LogP contribution in [0.3, 0.4) is 0 Å². The van der Waals surface area contributed by atoms with Gasteiger partial charge < -0.3 is 4.90 Å². The molecule has 2 fully saturated rings. The summed E-state index contributed by atoms with van der Waals surface area (Å²) in [6.45, 7) is 3.09. The van der Waals surface area contributed by atoms with Crippen LogP contribution in [0.4, 0.5) is 5.95 Å². The van der Waals surface area contributed by atoms with E-state index in [4.69, 9.17) is 0 Å². The second-order valence-electron chi connectivity index (χ2n) is 7.50. The van der Waals surface area contributed by atoms with Crippen molar-refractivity contribution in [3.8, 4) is 0 Å². The predicted octanol–water partition coefficient (Wildman–Crippen LogP) is 2.52. The van der Waals surface area contributed by atoms with E-state index >= 15 is 0 Å². The Hall–Kier alpha value is -1.56.